The number of carboxylic acid groups (broad SMARTS) is 1. The highest BCUT2D eigenvalue weighted by Crippen LogP contribution is 2.39. The minimum atomic E-state index is -3.23. The van der Waals surface area contributed by atoms with Gasteiger partial charge in [0.05, 0.1) is 42.6 Å². The Hall–Kier alpha value is -2.92. The highest BCUT2D eigenvalue weighted by molar-refractivity contribution is 7.90. The topological polar surface area (TPSA) is 122 Å². The highest BCUT2D eigenvalue weighted by Gasteiger charge is 2.51. The lowest BCUT2D eigenvalue weighted by Crippen LogP contribution is -2.69. The molecule has 2 atom stereocenters. The standard InChI is InChI=1S/C22H28N4O6S/c1-15-19(22(2)13-31-14-22)26(21(27)28)9-8-25(15)20-23-10-17(11-24-20)32-12-16-4-6-18(7-5-16)33(3,29)30/h4-7,10-11,15,19H,8-9,12-14H2,1-3H3,(H,27,28). The number of hydrogen-bond acceptors (Lipinski definition) is 8. The third-order valence-electron chi connectivity index (χ3n) is 6.32. The minimum absolute atomic E-state index is 0.121. The lowest BCUT2D eigenvalue weighted by molar-refractivity contribution is -0.147. The van der Waals surface area contributed by atoms with Crippen molar-refractivity contribution in [1.29, 1.82) is 0 Å². The zero-order valence-electron chi connectivity index (χ0n) is 18.8. The van der Waals surface area contributed by atoms with Gasteiger partial charge < -0.3 is 24.4 Å². The van der Waals surface area contributed by atoms with E-state index in [1.807, 2.05) is 11.8 Å². The van der Waals surface area contributed by atoms with E-state index in [9.17, 15) is 18.3 Å². The van der Waals surface area contributed by atoms with Crippen LogP contribution in [0.2, 0.25) is 0 Å². The Bertz CT molecular complexity index is 1100. The number of carbonyl (C=O) groups is 1. The van der Waals surface area contributed by atoms with Crippen molar-refractivity contribution in [3.8, 4) is 5.75 Å². The summed E-state index contributed by atoms with van der Waals surface area (Å²) in [6.45, 7) is 6.21. The molecule has 0 saturated carbocycles. The van der Waals surface area contributed by atoms with Gasteiger partial charge in [-0.05, 0) is 24.6 Å². The molecule has 0 aliphatic carbocycles. The largest absolute Gasteiger partial charge is 0.486 e. The fraction of sp³-hybridized carbons (Fsp3) is 0.500. The van der Waals surface area contributed by atoms with E-state index in [4.69, 9.17) is 9.47 Å². The van der Waals surface area contributed by atoms with E-state index < -0.39 is 15.9 Å². The Morgan fingerprint density at radius 3 is 2.36 bits per heavy atom. The number of rotatable bonds is 6. The van der Waals surface area contributed by atoms with Crippen LogP contribution in [0.15, 0.2) is 41.6 Å². The smallest absolute Gasteiger partial charge is 0.407 e. The van der Waals surface area contributed by atoms with Crippen LogP contribution >= 0.6 is 0 Å². The molecule has 0 spiro atoms. The number of nitrogens with zero attached hydrogens (tertiary/aromatic N) is 4. The van der Waals surface area contributed by atoms with Crippen molar-refractivity contribution in [2.75, 3.05) is 37.5 Å². The fourth-order valence-electron chi connectivity index (χ4n) is 4.57. The Kier molecular flexibility index (Phi) is 6.19. The van der Waals surface area contributed by atoms with Gasteiger partial charge in [-0.1, -0.05) is 19.1 Å². The van der Waals surface area contributed by atoms with Gasteiger partial charge in [-0.2, -0.15) is 0 Å². The normalized spacial score (nSPS) is 22.5. The minimum Gasteiger partial charge on any atom is -0.486 e. The quantitative estimate of drug-likeness (QED) is 0.667. The molecule has 3 heterocycles. The molecule has 0 radical (unpaired) electrons. The molecule has 0 bridgehead atoms. The summed E-state index contributed by atoms with van der Waals surface area (Å²) in [6, 6.07) is 6.17. The van der Waals surface area contributed by atoms with E-state index in [2.05, 4.69) is 16.9 Å². The summed E-state index contributed by atoms with van der Waals surface area (Å²) < 4.78 is 34.3. The molecular formula is C22H28N4O6S. The predicted molar refractivity (Wildman–Crippen MR) is 120 cm³/mol. The first kappa shape index (κ1) is 23.2. The van der Waals surface area contributed by atoms with Gasteiger partial charge in [-0.3, -0.25) is 0 Å². The lowest BCUT2D eigenvalue weighted by atomic mass is 9.75. The maximum Gasteiger partial charge on any atom is 0.407 e. The summed E-state index contributed by atoms with van der Waals surface area (Å²) in [5.41, 5.74) is 0.579. The van der Waals surface area contributed by atoms with Crippen molar-refractivity contribution in [1.82, 2.24) is 14.9 Å². The molecule has 4 rings (SSSR count). The average Bonchev–Trinajstić information content (AvgIpc) is 2.76. The fourth-order valence-corrected chi connectivity index (χ4v) is 5.20. The zero-order chi connectivity index (χ0) is 23.8. The highest BCUT2D eigenvalue weighted by atomic mass is 32.2. The van der Waals surface area contributed by atoms with Gasteiger partial charge in [0.25, 0.3) is 0 Å². The van der Waals surface area contributed by atoms with Gasteiger partial charge in [0.15, 0.2) is 15.6 Å². The summed E-state index contributed by atoms with van der Waals surface area (Å²) in [5, 5.41) is 9.70. The van der Waals surface area contributed by atoms with Gasteiger partial charge in [0.1, 0.15) is 6.61 Å². The van der Waals surface area contributed by atoms with Crippen LogP contribution in [-0.4, -0.2) is 79.1 Å². The number of sulfone groups is 1. The van der Waals surface area contributed by atoms with E-state index in [-0.39, 0.29) is 29.0 Å². The Morgan fingerprint density at radius 1 is 1.21 bits per heavy atom. The number of amides is 1. The van der Waals surface area contributed by atoms with Gasteiger partial charge in [0.2, 0.25) is 5.95 Å². The van der Waals surface area contributed by atoms with Crippen LogP contribution in [0, 0.1) is 5.41 Å². The zero-order valence-corrected chi connectivity index (χ0v) is 19.7. The Morgan fingerprint density at radius 2 is 1.85 bits per heavy atom. The molecule has 1 N–H and O–H groups in total. The second kappa shape index (κ2) is 8.79. The number of hydrogen-bond donors (Lipinski definition) is 1. The number of aromatic nitrogens is 2. The van der Waals surface area contributed by atoms with E-state index in [0.29, 0.717) is 38.0 Å². The molecule has 1 aromatic carbocycles. The van der Waals surface area contributed by atoms with Crippen molar-refractivity contribution in [2.45, 2.75) is 37.4 Å². The summed E-state index contributed by atoms with van der Waals surface area (Å²) >= 11 is 0. The molecule has 2 aromatic rings. The average molecular weight is 477 g/mol. The number of anilines is 1. The molecule has 1 aromatic heterocycles. The van der Waals surface area contributed by atoms with Crippen LogP contribution in [-0.2, 0) is 21.2 Å². The summed E-state index contributed by atoms with van der Waals surface area (Å²) in [7, 11) is -3.23. The molecule has 2 unspecified atom stereocenters. The van der Waals surface area contributed by atoms with Crippen LogP contribution in [0.4, 0.5) is 10.7 Å². The molecule has 10 nitrogen and oxygen atoms in total. The first-order valence-electron chi connectivity index (χ1n) is 10.7. The molecule has 178 valence electrons. The second-order valence-corrected chi connectivity index (χ2v) is 10.9. The Balaban J connectivity index is 1.43. The summed E-state index contributed by atoms with van der Waals surface area (Å²) in [4.78, 5) is 24.5. The molecular weight excluding hydrogens is 448 g/mol. The first-order chi connectivity index (χ1) is 15.6. The van der Waals surface area contributed by atoms with Gasteiger partial charge in [-0.25, -0.2) is 23.2 Å². The van der Waals surface area contributed by atoms with Crippen molar-refractivity contribution >= 4 is 21.9 Å². The number of benzene rings is 1. The molecule has 2 saturated heterocycles. The third-order valence-corrected chi connectivity index (χ3v) is 7.45. The van der Waals surface area contributed by atoms with Gasteiger partial charge >= 0.3 is 6.09 Å². The first-order valence-corrected chi connectivity index (χ1v) is 12.6. The maximum absolute atomic E-state index is 11.8. The molecule has 33 heavy (non-hydrogen) atoms. The summed E-state index contributed by atoms with van der Waals surface area (Å²) in [6.07, 6.45) is 3.43. The second-order valence-electron chi connectivity index (χ2n) is 8.93. The molecule has 2 fully saturated rings. The van der Waals surface area contributed by atoms with Gasteiger partial charge in [-0.15, -0.1) is 0 Å². The monoisotopic (exact) mass is 476 g/mol. The van der Waals surface area contributed by atoms with Crippen LogP contribution < -0.4 is 9.64 Å². The molecule has 1 amide bonds. The third kappa shape index (κ3) is 4.74. The lowest BCUT2D eigenvalue weighted by Gasteiger charge is -2.55. The van der Waals surface area contributed by atoms with Crippen LogP contribution in [0.25, 0.3) is 0 Å². The van der Waals surface area contributed by atoms with Gasteiger partial charge in [0, 0.05) is 24.8 Å². The van der Waals surface area contributed by atoms with Crippen molar-refractivity contribution in [3.63, 3.8) is 0 Å². The van der Waals surface area contributed by atoms with E-state index >= 15 is 0 Å². The predicted octanol–water partition coefficient (Wildman–Crippen LogP) is 2.05. The SMILES string of the molecule is CC1C(C2(C)COC2)N(C(=O)O)CCN1c1ncc(OCc2ccc(S(C)(=O)=O)cc2)cn1. The molecule has 11 heteroatoms. The number of ether oxygens (including phenoxy) is 2. The van der Waals surface area contributed by atoms with Crippen molar-refractivity contribution < 1.29 is 27.8 Å². The molecule has 2 aliphatic rings. The maximum atomic E-state index is 11.8. The van der Waals surface area contributed by atoms with Crippen LogP contribution in [0.5, 0.6) is 5.75 Å². The Labute approximate surface area is 193 Å². The number of piperazine rings is 1. The van der Waals surface area contributed by atoms with E-state index in [1.54, 1.807) is 36.7 Å². The molecule has 2 aliphatic heterocycles. The van der Waals surface area contributed by atoms with Crippen LogP contribution in [0.3, 0.4) is 0 Å². The van der Waals surface area contributed by atoms with E-state index in [1.165, 1.54) is 11.2 Å². The summed E-state index contributed by atoms with van der Waals surface area (Å²) in [5.74, 6) is 1.00. The van der Waals surface area contributed by atoms with Crippen LogP contribution in [0.1, 0.15) is 19.4 Å². The van der Waals surface area contributed by atoms with Crippen molar-refractivity contribution in [3.05, 3.63) is 42.2 Å². The van der Waals surface area contributed by atoms with Crippen molar-refractivity contribution in [2.24, 2.45) is 5.41 Å². The van der Waals surface area contributed by atoms with E-state index in [0.717, 1.165) is 5.56 Å².